The van der Waals surface area contributed by atoms with Crippen molar-refractivity contribution in [3.8, 4) is 6.07 Å². The van der Waals surface area contributed by atoms with Gasteiger partial charge in [-0.15, -0.1) is 0 Å². The molecule has 0 unspecified atom stereocenters. The number of rotatable bonds is 5. The van der Waals surface area contributed by atoms with Crippen LogP contribution in [0.5, 0.6) is 0 Å². The lowest BCUT2D eigenvalue weighted by atomic mass is 10.2. The number of sulfonamides is 1. The third-order valence-electron chi connectivity index (χ3n) is 2.35. The van der Waals surface area contributed by atoms with Gasteiger partial charge in [-0.3, -0.25) is 9.10 Å². The molecule has 0 radical (unpaired) electrons. The number of carbonyl (C=O) groups is 1. The molecule has 0 aromatic heterocycles. The van der Waals surface area contributed by atoms with E-state index in [-0.39, 0.29) is 12.5 Å². The summed E-state index contributed by atoms with van der Waals surface area (Å²) >= 11 is 0. The van der Waals surface area contributed by atoms with Crippen molar-refractivity contribution in [2.75, 3.05) is 23.7 Å². The van der Waals surface area contributed by atoms with Gasteiger partial charge in [0.1, 0.15) is 6.54 Å². The number of benzene rings is 1. The van der Waals surface area contributed by atoms with E-state index in [1.165, 1.54) is 24.3 Å². The number of carbonyl (C=O) groups excluding carboxylic acids is 1. The van der Waals surface area contributed by atoms with Crippen molar-refractivity contribution in [3.05, 3.63) is 29.8 Å². The maximum absolute atomic E-state index is 11.7. The van der Waals surface area contributed by atoms with Crippen molar-refractivity contribution in [1.29, 1.82) is 5.26 Å². The number of anilines is 1. The Labute approximate surface area is 112 Å². The Kier molecular flexibility index (Phi) is 4.89. The lowest BCUT2D eigenvalue weighted by molar-refractivity contribution is -0.119. The number of nitrogens with zero attached hydrogens (tertiary/aromatic N) is 2. The van der Waals surface area contributed by atoms with Gasteiger partial charge in [0.05, 0.1) is 23.6 Å². The van der Waals surface area contributed by atoms with Crippen LogP contribution in [-0.2, 0) is 14.8 Å². The number of hydrogen-bond donors (Lipinski definition) is 1. The lowest BCUT2D eigenvalue weighted by Gasteiger charge is -2.21. The molecule has 0 aliphatic rings. The predicted molar refractivity (Wildman–Crippen MR) is 72.0 cm³/mol. The standard InChI is InChI=1S/C12H15N3O3S/c1-3-14-12(16)9-15(19(2,17)18)11-6-4-10(8-13)5-7-11/h4-7H,3,9H2,1-2H3,(H,14,16). The molecule has 0 aliphatic carbocycles. The Morgan fingerprint density at radius 2 is 1.95 bits per heavy atom. The fourth-order valence-corrected chi connectivity index (χ4v) is 2.34. The van der Waals surface area contributed by atoms with Gasteiger partial charge in [-0.2, -0.15) is 5.26 Å². The Balaban J connectivity index is 3.04. The van der Waals surface area contributed by atoms with Gasteiger partial charge in [0.15, 0.2) is 0 Å². The molecule has 1 N–H and O–H groups in total. The molecule has 0 bridgehead atoms. The maximum Gasteiger partial charge on any atom is 0.240 e. The third kappa shape index (κ3) is 4.26. The number of nitriles is 1. The monoisotopic (exact) mass is 281 g/mol. The van der Waals surface area contributed by atoms with E-state index in [2.05, 4.69) is 5.32 Å². The quantitative estimate of drug-likeness (QED) is 0.849. The molecule has 1 aromatic rings. The van der Waals surface area contributed by atoms with Crippen LogP contribution < -0.4 is 9.62 Å². The summed E-state index contributed by atoms with van der Waals surface area (Å²) in [6, 6.07) is 7.95. The first kappa shape index (κ1) is 15.0. The molecule has 0 heterocycles. The Morgan fingerprint density at radius 3 is 2.37 bits per heavy atom. The molecule has 1 amide bonds. The first-order valence-electron chi connectivity index (χ1n) is 5.63. The van der Waals surface area contributed by atoms with Crippen molar-refractivity contribution in [2.45, 2.75) is 6.92 Å². The molecule has 102 valence electrons. The van der Waals surface area contributed by atoms with Gasteiger partial charge in [-0.05, 0) is 31.2 Å². The van der Waals surface area contributed by atoms with Gasteiger partial charge >= 0.3 is 0 Å². The number of likely N-dealkylation sites (N-methyl/N-ethyl adjacent to an activating group) is 1. The van der Waals surface area contributed by atoms with E-state index in [0.717, 1.165) is 10.6 Å². The predicted octanol–water partition coefficient (Wildman–Crippen LogP) is 0.460. The van der Waals surface area contributed by atoms with E-state index in [1.54, 1.807) is 6.92 Å². The van der Waals surface area contributed by atoms with Crippen LogP contribution in [0.25, 0.3) is 0 Å². The van der Waals surface area contributed by atoms with Gasteiger partial charge in [-0.1, -0.05) is 0 Å². The van der Waals surface area contributed by atoms with Gasteiger partial charge in [0, 0.05) is 6.54 Å². The molecule has 0 atom stereocenters. The van der Waals surface area contributed by atoms with E-state index in [9.17, 15) is 13.2 Å². The molecular weight excluding hydrogens is 266 g/mol. The third-order valence-corrected chi connectivity index (χ3v) is 3.49. The van der Waals surface area contributed by atoms with Gasteiger partial charge in [0.2, 0.25) is 15.9 Å². The topological polar surface area (TPSA) is 90.3 Å². The zero-order valence-corrected chi connectivity index (χ0v) is 11.6. The number of amides is 1. The molecule has 0 fully saturated rings. The van der Waals surface area contributed by atoms with Gasteiger partial charge in [0.25, 0.3) is 0 Å². The molecule has 0 aliphatic heterocycles. The summed E-state index contributed by atoms with van der Waals surface area (Å²) in [5, 5.41) is 11.2. The van der Waals surface area contributed by atoms with Crippen LogP contribution in [0.1, 0.15) is 12.5 Å². The minimum Gasteiger partial charge on any atom is -0.355 e. The zero-order chi connectivity index (χ0) is 14.5. The van der Waals surface area contributed by atoms with Crippen molar-refractivity contribution in [3.63, 3.8) is 0 Å². The molecule has 0 saturated carbocycles. The van der Waals surface area contributed by atoms with Crippen LogP contribution >= 0.6 is 0 Å². The second-order valence-corrected chi connectivity index (χ2v) is 5.79. The summed E-state index contributed by atoms with van der Waals surface area (Å²) in [7, 11) is -3.56. The summed E-state index contributed by atoms with van der Waals surface area (Å²) in [6.45, 7) is 1.91. The first-order valence-corrected chi connectivity index (χ1v) is 7.48. The van der Waals surface area contributed by atoms with Crippen LogP contribution in [0, 0.1) is 11.3 Å². The van der Waals surface area contributed by atoms with Crippen LogP contribution in [0.15, 0.2) is 24.3 Å². The van der Waals surface area contributed by atoms with Crippen LogP contribution in [0.4, 0.5) is 5.69 Å². The normalized spacial score (nSPS) is 10.6. The van der Waals surface area contributed by atoms with Crippen LogP contribution in [0.3, 0.4) is 0 Å². The molecular formula is C12H15N3O3S. The summed E-state index contributed by atoms with van der Waals surface area (Å²) in [5.41, 5.74) is 0.781. The highest BCUT2D eigenvalue weighted by Gasteiger charge is 2.20. The lowest BCUT2D eigenvalue weighted by Crippen LogP contribution is -2.40. The average Bonchev–Trinajstić information content (AvgIpc) is 2.35. The highest BCUT2D eigenvalue weighted by atomic mass is 32.2. The van der Waals surface area contributed by atoms with E-state index in [1.807, 2.05) is 6.07 Å². The summed E-state index contributed by atoms with van der Waals surface area (Å²) in [6.07, 6.45) is 1.03. The average molecular weight is 281 g/mol. The largest absolute Gasteiger partial charge is 0.355 e. The molecule has 6 nitrogen and oxygen atoms in total. The number of hydrogen-bond acceptors (Lipinski definition) is 4. The van der Waals surface area contributed by atoms with Crippen LogP contribution in [0.2, 0.25) is 0 Å². The van der Waals surface area contributed by atoms with Gasteiger partial charge < -0.3 is 5.32 Å². The van der Waals surface area contributed by atoms with Crippen molar-refractivity contribution >= 4 is 21.6 Å². The number of nitrogens with one attached hydrogen (secondary N) is 1. The smallest absolute Gasteiger partial charge is 0.240 e. The summed E-state index contributed by atoms with van der Waals surface area (Å²) in [4.78, 5) is 11.5. The molecule has 0 spiro atoms. The molecule has 0 saturated heterocycles. The van der Waals surface area contributed by atoms with Crippen molar-refractivity contribution in [2.24, 2.45) is 0 Å². The first-order chi connectivity index (χ1) is 8.88. The summed E-state index contributed by atoms with van der Waals surface area (Å²) in [5.74, 6) is -0.378. The SMILES string of the molecule is CCNC(=O)CN(c1ccc(C#N)cc1)S(C)(=O)=O. The van der Waals surface area contributed by atoms with Crippen molar-refractivity contribution < 1.29 is 13.2 Å². The highest BCUT2D eigenvalue weighted by molar-refractivity contribution is 7.92. The van der Waals surface area contributed by atoms with E-state index in [0.29, 0.717) is 17.8 Å². The van der Waals surface area contributed by atoms with Gasteiger partial charge in [-0.25, -0.2) is 8.42 Å². The summed E-state index contributed by atoms with van der Waals surface area (Å²) < 4.78 is 24.4. The molecule has 7 heteroatoms. The maximum atomic E-state index is 11.7. The minimum atomic E-state index is -3.56. The second kappa shape index (κ2) is 6.20. The van der Waals surface area contributed by atoms with Crippen LogP contribution in [-0.4, -0.2) is 33.7 Å². The second-order valence-electron chi connectivity index (χ2n) is 3.88. The Hall–Kier alpha value is -2.07. The fraction of sp³-hybridized carbons (Fsp3) is 0.333. The van der Waals surface area contributed by atoms with E-state index in [4.69, 9.17) is 5.26 Å². The molecule has 1 aromatic carbocycles. The zero-order valence-electron chi connectivity index (χ0n) is 10.8. The Bertz CT molecular complexity index is 588. The van der Waals surface area contributed by atoms with E-state index < -0.39 is 10.0 Å². The molecule has 19 heavy (non-hydrogen) atoms. The Morgan fingerprint density at radius 1 is 1.37 bits per heavy atom. The highest BCUT2D eigenvalue weighted by Crippen LogP contribution is 2.17. The van der Waals surface area contributed by atoms with E-state index >= 15 is 0 Å². The minimum absolute atomic E-state index is 0.279. The van der Waals surface area contributed by atoms with Crippen molar-refractivity contribution in [1.82, 2.24) is 5.32 Å². The fourth-order valence-electron chi connectivity index (χ4n) is 1.49. The molecule has 1 rings (SSSR count).